The van der Waals surface area contributed by atoms with Crippen LogP contribution in [0, 0.1) is 5.92 Å². The van der Waals surface area contributed by atoms with Crippen molar-refractivity contribution in [2.75, 3.05) is 0 Å². The van der Waals surface area contributed by atoms with E-state index >= 15 is 0 Å². The van der Waals surface area contributed by atoms with Crippen LogP contribution in [0.15, 0.2) is 90.6 Å². The van der Waals surface area contributed by atoms with Crippen LogP contribution in [0.3, 0.4) is 0 Å². The Bertz CT molecular complexity index is 1620. The van der Waals surface area contributed by atoms with Crippen molar-refractivity contribution in [1.29, 1.82) is 0 Å². The first kappa shape index (κ1) is 38.2. The molecule has 4 N–H and O–H groups in total. The lowest BCUT2D eigenvalue weighted by molar-refractivity contribution is -0.130. The number of aliphatic hydroxyl groups is 1. The standard InChI is InChI=1S/C39H49N5O5S/c1-26(2)36(44-35(46)18-17-31-25-50-38(42-31)27(3)4)37(47)41-32(20-28-12-7-5-8-13-28)22-34(45)33(21-29-14-9-6-10-15-29)43-39(48)49-24-30-16-11-19-40-23-30/h5-16,19,23,25-27,32-34,36,45H,17-18,20-22,24H2,1-4H3,(H,41,47)(H,43,48)(H,44,46)/t32-,33-,34-,36?/m0/s1. The summed E-state index contributed by atoms with van der Waals surface area (Å²) in [5.74, 6) is -0.417. The summed E-state index contributed by atoms with van der Waals surface area (Å²) < 4.78 is 5.45. The fourth-order valence-electron chi connectivity index (χ4n) is 5.54. The average Bonchev–Trinajstić information content (AvgIpc) is 3.59. The van der Waals surface area contributed by atoms with Crippen LogP contribution in [0.25, 0.3) is 0 Å². The van der Waals surface area contributed by atoms with Gasteiger partial charge in [-0.15, -0.1) is 11.3 Å². The lowest BCUT2D eigenvalue weighted by atomic mass is 9.93. The third-order valence-corrected chi connectivity index (χ3v) is 9.49. The molecule has 3 amide bonds. The number of thiazole rings is 1. The quantitative estimate of drug-likeness (QED) is 0.104. The van der Waals surface area contributed by atoms with Crippen molar-refractivity contribution >= 4 is 29.2 Å². The Morgan fingerprint density at radius 2 is 1.50 bits per heavy atom. The summed E-state index contributed by atoms with van der Waals surface area (Å²) in [6.07, 6.45) is 3.18. The predicted octanol–water partition coefficient (Wildman–Crippen LogP) is 5.75. The Hall–Kier alpha value is -4.61. The van der Waals surface area contributed by atoms with E-state index in [9.17, 15) is 19.5 Å². The van der Waals surface area contributed by atoms with Gasteiger partial charge in [0.2, 0.25) is 11.8 Å². The number of pyridine rings is 1. The number of aryl methyl sites for hydroxylation is 1. The molecule has 2 heterocycles. The molecule has 11 heteroatoms. The highest BCUT2D eigenvalue weighted by molar-refractivity contribution is 7.09. The van der Waals surface area contributed by atoms with Crippen molar-refractivity contribution in [3.05, 3.63) is 118 Å². The number of rotatable bonds is 18. The second kappa shape index (κ2) is 19.5. The minimum Gasteiger partial charge on any atom is -0.445 e. The van der Waals surface area contributed by atoms with E-state index in [1.54, 1.807) is 29.8 Å². The molecule has 4 rings (SSSR count). The molecule has 2 aromatic carbocycles. The molecule has 0 bridgehead atoms. The Morgan fingerprint density at radius 3 is 2.10 bits per heavy atom. The Morgan fingerprint density at radius 1 is 0.840 bits per heavy atom. The van der Waals surface area contributed by atoms with E-state index in [0.717, 1.165) is 27.4 Å². The molecule has 0 spiro atoms. The minimum atomic E-state index is -1.05. The second-order valence-electron chi connectivity index (χ2n) is 13.2. The number of nitrogens with one attached hydrogen (secondary N) is 3. The van der Waals surface area contributed by atoms with Crippen molar-refractivity contribution < 1.29 is 24.2 Å². The highest BCUT2D eigenvalue weighted by Gasteiger charge is 2.30. The largest absolute Gasteiger partial charge is 0.445 e. The van der Waals surface area contributed by atoms with Gasteiger partial charge in [0.05, 0.1) is 22.8 Å². The number of hydrogen-bond donors (Lipinski definition) is 4. The average molecular weight is 700 g/mol. The third-order valence-electron chi connectivity index (χ3n) is 8.29. The number of hydrogen-bond acceptors (Lipinski definition) is 8. The van der Waals surface area contributed by atoms with Crippen LogP contribution in [0.1, 0.15) is 73.8 Å². The van der Waals surface area contributed by atoms with Crippen molar-refractivity contribution in [3.63, 3.8) is 0 Å². The minimum absolute atomic E-state index is 0.0333. The van der Waals surface area contributed by atoms with Gasteiger partial charge in [-0.25, -0.2) is 9.78 Å². The normalized spacial score (nSPS) is 13.7. The first-order chi connectivity index (χ1) is 24.1. The van der Waals surface area contributed by atoms with E-state index in [2.05, 4.69) is 39.8 Å². The van der Waals surface area contributed by atoms with Gasteiger partial charge >= 0.3 is 6.09 Å². The van der Waals surface area contributed by atoms with Gasteiger partial charge in [0.25, 0.3) is 0 Å². The van der Waals surface area contributed by atoms with Crippen LogP contribution >= 0.6 is 11.3 Å². The molecular formula is C39H49N5O5S. The first-order valence-corrected chi connectivity index (χ1v) is 18.1. The summed E-state index contributed by atoms with van der Waals surface area (Å²) in [5.41, 5.74) is 3.51. The van der Waals surface area contributed by atoms with Crippen LogP contribution in [-0.4, -0.2) is 57.2 Å². The number of nitrogens with zero attached hydrogens (tertiary/aromatic N) is 2. The van der Waals surface area contributed by atoms with Gasteiger partial charge in [0.1, 0.15) is 12.6 Å². The molecule has 2 aromatic heterocycles. The summed E-state index contributed by atoms with van der Waals surface area (Å²) in [4.78, 5) is 48.4. The number of amides is 3. The maximum Gasteiger partial charge on any atom is 0.407 e. The van der Waals surface area contributed by atoms with Crippen LogP contribution in [0.5, 0.6) is 0 Å². The number of alkyl carbamates (subject to hydrolysis) is 1. The van der Waals surface area contributed by atoms with Crippen molar-refractivity contribution in [1.82, 2.24) is 25.9 Å². The lowest BCUT2D eigenvalue weighted by Crippen LogP contribution is -2.54. The molecule has 1 unspecified atom stereocenters. The number of benzene rings is 2. The summed E-state index contributed by atoms with van der Waals surface area (Å²) >= 11 is 1.59. The molecule has 266 valence electrons. The summed E-state index contributed by atoms with van der Waals surface area (Å²) in [5, 5.41) is 23.6. The van der Waals surface area contributed by atoms with E-state index < -0.39 is 30.3 Å². The maximum absolute atomic E-state index is 13.8. The second-order valence-corrected chi connectivity index (χ2v) is 14.1. The fraction of sp³-hybridized carbons (Fsp3) is 0.410. The van der Waals surface area contributed by atoms with Crippen LogP contribution in [0.4, 0.5) is 4.79 Å². The van der Waals surface area contributed by atoms with Crippen molar-refractivity contribution in [2.24, 2.45) is 5.92 Å². The first-order valence-electron chi connectivity index (χ1n) is 17.2. The zero-order chi connectivity index (χ0) is 35.9. The molecule has 0 radical (unpaired) electrons. The van der Waals surface area contributed by atoms with Crippen LogP contribution < -0.4 is 16.0 Å². The Labute approximate surface area is 299 Å². The van der Waals surface area contributed by atoms with Crippen molar-refractivity contribution in [2.45, 2.75) is 96.6 Å². The van der Waals surface area contributed by atoms with E-state index in [1.165, 1.54) is 0 Å². The van der Waals surface area contributed by atoms with Gasteiger partial charge in [-0.05, 0) is 48.8 Å². The molecule has 10 nitrogen and oxygen atoms in total. The van der Waals surface area contributed by atoms with Gasteiger partial charge < -0.3 is 25.8 Å². The summed E-state index contributed by atoms with van der Waals surface area (Å²) in [6, 6.07) is 20.8. The van der Waals surface area contributed by atoms with Crippen LogP contribution in [0.2, 0.25) is 0 Å². The number of ether oxygens (including phenoxy) is 1. The van der Waals surface area contributed by atoms with Crippen molar-refractivity contribution in [3.8, 4) is 0 Å². The topological polar surface area (TPSA) is 143 Å². The maximum atomic E-state index is 13.8. The highest BCUT2D eigenvalue weighted by Crippen LogP contribution is 2.20. The van der Waals surface area contributed by atoms with Gasteiger partial charge in [0.15, 0.2) is 0 Å². The van der Waals surface area contributed by atoms with E-state index in [-0.39, 0.29) is 37.2 Å². The number of carbonyl (C=O) groups is 3. The smallest absolute Gasteiger partial charge is 0.407 e. The number of carbonyl (C=O) groups excluding carboxylic acids is 3. The van der Waals surface area contributed by atoms with Gasteiger partial charge in [-0.3, -0.25) is 14.6 Å². The molecule has 0 aliphatic rings. The molecule has 0 fully saturated rings. The molecule has 0 saturated carbocycles. The molecule has 0 aliphatic carbocycles. The SMILES string of the molecule is CC(C)c1nc(CCC(=O)NC(C(=O)N[C@@H](Cc2ccccc2)C[C@H](O)[C@H](Cc2ccccc2)NC(=O)OCc2cccnc2)C(C)C)cs1. The van der Waals surface area contributed by atoms with Gasteiger partial charge in [-0.2, -0.15) is 0 Å². The van der Waals surface area contributed by atoms with E-state index in [1.807, 2.05) is 86.0 Å². The zero-order valence-corrected chi connectivity index (χ0v) is 30.1. The molecule has 0 aliphatic heterocycles. The highest BCUT2D eigenvalue weighted by atomic mass is 32.1. The lowest BCUT2D eigenvalue weighted by Gasteiger charge is -2.30. The number of aromatic nitrogens is 2. The Kier molecular flexibility index (Phi) is 14.9. The summed E-state index contributed by atoms with van der Waals surface area (Å²) in [7, 11) is 0. The number of aliphatic hydroxyl groups excluding tert-OH is 1. The molecule has 4 aromatic rings. The zero-order valence-electron chi connectivity index (χ0n) is 29.2. The molecule has 50 heavy (non-hydrogen) atoms. The monoisotopic (exact) mass is 699 g/mol. The van der Waals surface area contributed by atoms with E-state index in [0.29, 0.717) is 25.2 Å². The predicted molar refractivity (Wildman–Crippen MR) is 195 cm³/mol. The summed E-state index contributed by atoms with van der Waals surface area (Å²) in [6.45, 7) is 7.98. The molecular weight excluding hydrogens is 651 g/mol. The van der Waals surface area contributed by atoms with Crippen LogP contribution in [-0.2, 0) is 40.2 Å². The third kappa shape index (κ3) is 12.7. The molecule has 4 atom stereocenters. The molecule has 0 saturated heterocycles. The van der Waals surface area contributed by atoms with Gasteiger partial charge in [0, 0.05) is 41.7 Å². The van der Waals surface area contributed by atoms with Gasteiger partial charge in [-0.1, -0.05) is 94.4 Å². The van der Waals surface area contributed by atoms with E-state index in [4.69, 9.17) is 4.74 Å². The Balaban J connectivity index is 1.45. The fourth-order valence-corrected chi connectivity index (χ4v) is 6.41.